The van der Waals surface area contributed by atoms with Crippen LogP contribution in [0.15, 0.2) is 35.4 Å². The first kappa shape index (κ1) is 14.8. The summed E-state index contributed by atoms with van der Waals surface area (Å²) < 4.78 is 3.05. The summed E-state index contributed by atoms with van der Waals surface area (Å²) in [5.41, 5.74) is 1.26. The fourth-order valence-electron chi connectivity index (χ4n) is 2.07. The van der Waals surface area contributed by atoms with Gasteiger partial charge >= 0.3 is 5.69 Å². The van der Waals surface area contributed by atoms with Crippen molar-refractivity contribution in [2.75, 3.05) is 11.9 Å². The van der Waals surface area contributed by atoms with Crippen molar-refractivity contribution in [1.29, 1.82) is 0 Å². The summed E-state index contributed by atoms with van der Waals surface area (Å²) in [5, 5.41) is 14.1. The molecule has 7 heteroatoms. The lowest BCUT2D eigenvalue weighted by atomic mass is 10.1. The van der Waals surface area contributed by atoms with Crippen LogP contribution in [0.2, 0.25) is 0 Å². The molecule has 0 radical (unpaired) electrons. The molecule has 0 fully saturated rings. The number of nitro benzene ring substituents is 1. The zero-order chi connectivity index (χ0) is 15.4. The van der Waals surface area contributed by atoms with E-state index in [-0.39, 0.29) is 11.4 Å². The van der Waals surface area contributed by atoms with E-state index in [0.29, 0.717) is 18.8 Å². The molecular formula is C14H18N4O3. The van der Waals surface area contributed by atoms with Gasteiger partial charge in [0, 0.05) is 32.1 Å². The molecule has 1 N–H and O–H groups in total. The van der Waals surface area contributed by atoms with E-state index in [4.69, 9.17) is 0 Å². The Morgan fingerprint density at radius 1 is 1.33 bits per heavy atom. The molecule has 0 saturated carbocycles. The number of hydrogen-bond donors (Lipinski definition) is 1. The van der Waals surface area contributed by atoms with Crippen LogP contribution in [0.5, 0.6) is 0 Å². The van der Waals surface area contributed by atoms with E-state index in [1.165, 1.54) is 10.6 Å². The lowest BCUT2D eigenvalue weighted by Crippen LogP contribution is -2.22. The van der Waals surface area contributed by atoms with Gasteiger partial charge in [-0.15, -0.1) is 0 Å². The van der Waals surface area contributed by atoms with Crippen LogP contribution in [-0.2, 0) is 13.6 Å². The van der Waals surface area contributed by atoms with Gasteiger partial charge in [0.25, 0.3) is 5.69 Å². The van der Waals surface area contributed by atoms with Crippen molar-refractivity contribution in [3.05, 3.63) is 56.8 Å². The van der Waals surface area contributed by atoms with Crippen molar-refractivity contribution in [3.8, 4) is 0 Å². The molecule has 0 unspecified atom stereocenters. The molecule has 2 rings (SSSR count). The van der Waals surface area contributed by atoms with Crippen molar-refractivity contribution in [3.63, 3.8) is 0 Å². The van der Waals surface area contributed by atoms with E-state index >= 15 is 0 Å². The summed E-state index contributed by atoms with van der Waals surface area (Å²) >= 11 is 0. The van der Waals surface area contributed by atoms with Gasteiger partial charge in [-0.3, -0.25) is 14.7 Å². The number of hydrogen-bond acceptors (Lipinski definition) is 4. The molecule has 1 aromatic heterocycles. The second-order valence-electron chi connectivity index (χ2n) is 4.85. The van der Waals surface area contributed by atoms with Crippen LogP contribution in [0.4, 0.5) is 11.4 Å². The average Bonchev–Trinajstić information content (AvgIpc) is 2.77. The number of nitrogens with zero attached hydrogens (tertiary/aromatic N) is 3. The van der Waals surface area contributed by atoms with Crippen LogP contribution >= 0.6 is 0 Å². The highest BCUT2D eigenvalue weighted by Gasteiger charge is 2.14. The minimum Gasteiger partial charge on any atom is -0.379 e. The van der Waals surface area contributed by atoms with Crippen molar-refractivity contribution in [1.82, 2.24) is 9.13 Å². The van der Waals surface area contributed by atoms with Gasteiger partial charge < -0.3 is 9.88 Å². The Balaban J connectivity index is 2.30. The van der Waals surface area contributed by atoms with Gasteiger partial charge in [0.15, 0.2) is 0 Å². The number of anilines is 1. The summed E-state index contributed by atoms with van der Waals surface area (Å²) in [6.45, 7) is 3.04. The number of aryl methyl sites for hydroxylation is 1. The first-order valence-corrected chi connectivity index (χ1v) is 6.76. The largest absolute Gasteiger partial charge is 0.379 e. The number of aromatic nitrogens is 2. The lowest BCUT2D eigenvalue weighted by molar-refractivity contribution is -0.384. The van der Waals surface area contributed by atoms with Gasteiger partial charge in [-0.05, 0) is 18.1 Å². The minimum atomic E-state index is -0.406. The molecule has 7 nitrogen and oxygen atoms in total. The van der Waals surface area contributed by atoms with E-state index in [9.17, 15) is 14.9 Å². The molecule has 112 valence electrons. The highest BCUT2D eigenvalue weighted by molar-refractivity contribution is 5.62. The summed E-state index contributed by atoms with van der Waals surface area (Å²) in [6.07, 6.45) is 4.26. The van der Waals surface area contributed by atoms with Gasteiger partial charge in [0.2, 0.25) is 0 Å². The van der Waals surface area contributed by atoms with Crippen LogP contribution in [0, 0.1) is 10.1 Å². The van der Waals surface area contributed by atoms with E-state index in [2.05, 4.69) is 5.32 Å². The van der Waals surface area contributed by atoms with E-state index in [1.54, 1.807) is 36.1 Å². The maximum Gasteiger partial charge on any atom is 0.328 e. The monoisotopic (exact) mass is 290 g/mol. The number of nitrogens with one attached hydrogen (secondary N) is 1. The predicted molar refractivity (Wildman–Crippen MR) is 80.7 cm³/mol. The first-order chi connectivity index (χ1) is 10.0. The third kappa shape index (κ3) is 3.31. The molecule has 0 bridgehead atoms. The quantitative estimate of drug-likeness (QED) is 0.651. The summed E-state index contributed by atoms with van der Waals surface area (Å²) in [6, 6.07) is 4.88. The van der Waals surface area contributed by atoms with Gasteiger partial charge in [0.1, 0.15) is 5.69 Å². The highest BCUT2D eigenvalue weighted by Crippen LogP contribution is 2.25. The average molecular weight is 290 g/mol. The molecule has 1 aromatic carbocycles. The Labute approximate surface area is 122 Å². The zero-order valence-electron chi connectivity index (χ0n) is 12.1. The van der Waals surface area contributed by atoms with Crippen LogP contribution in [0.3, 0.4) is 0 Å². The van der Waals surface area contributed by atoms with Crippen LogP contribution in [0.1, 0.15) is 18.9 Å². The third-order valence-electron chi connectivity index (χ3n) is 3.19. The highest BCUT2D eigenvalue weighted by atomic mass is 16.6. The Morgan fingerprint density at radius 2 is 2.10 bits per heavy atom. The van der Waals surface area contributed by atoms with E-state index in [0.717, 1.165) is 12.0 Å². The van der Waals surface area contributed by atoms with Gasteiger partial charge in [-0.25, -0.2) is 4.79 Å². The molecule has 0 aliphatic carbocycles. The van der Waals surface area contributed by atoms with Crippen LogP contribution in [0.25, 0.3) is 0 Å². The SMILES string of the molecule is CCCNc1cc(Cn2ccn(C)c2=O)ccc1[N+](=O)[O-]. The molecule has 0 saturated heterocycles. The lowest BCUT2D eigenvalue weighted by Gasteiger charge is -2.08. The van der Waals surface area contributed by atoms with E-state index in [1.807, 2.05) is 6.92 Å². The molecule has 1 heterocycles. The maximum atomic E-state index is 11.8. The molecular weight excluding hydrogens is 272 g/mol. The molecule has 2 aromatic rings. The topological polar surface area (TPSA) is 82.1 Å². The fraction of sp³-hybridized carbons (Fsp3) is 0.357. The minimum absolute atomic E-state index is 0.0487. The van der Waals surface area contributed by atoms with Gasteiger partial charge in [0.05, 0.1) is 11.5 Å². The van der Waals surface area contributed by atoms with Gasteiger partial charge in [-0.2, -0.15) is 0 Å². The maximum absolute atomic E-state index is 11.8. The van der Waals surface area contributed by atoms with Crippen LogP contribution < -0.4 is 11.0 Å². The predicted octanol–water partition coefficient (Wildman–Crippen LogP) is 1.97. The van der Waals surface area contributed by atoms with Crippen molar-refractivity contribution in [2.45, 2.75) is 19.9 Å². The fourth-order valence-corrected chi connectivity index (χ4v) is 2.07. The number of nitro groups is 1. The normalized spacial score (nSPS) is 10.6. The number of imidazole rings is 1. The Morgan fingerprint density at radius 3 is 2.67 bits per heavy atom. The number of benzene rings is 1. The smallest absolute Gasteiger partial charge is 0.328 e. The first-order valence-electron chi connectivity index (χ1n) is 6.76. The standard InChI is InChI=1S/C14H18N4O3/c1-3-6-15-12-9-11(4-5-13(12)18(20)21)10-17-8-7-16(2)14(17)19/h4-5,7-9,15H,3,6,10H2,1-2H3. The Kier molecular flexibility index (Phi) is 4.42. The van der Waals surface area contributed by atoms with E-state index < -0.39 is 4.92 Å². The van der Waals surface area contributed by atoms with Crippen molar-refractivity contribution >= 4 is 11.4 Å². The second kappa shape index (κ2) is 6.25. The molecule has 0 aliphatic heterocycles. The molecule has 0 spiro atoms. The Hall–Kier alpha value is -2.57. The van der Waals surface area contributed by atoms with Crippen molar-refractivity contribution in [2.24, 2.45) is 7.05 Å². The molecule has 0 aliphatic rings. The van der Waals surface area contributed by atoms with Crippen molar-refractivity contribution < 1.29 is 4.92 Å². The number of rotatable bonds is 6. The molecule has 21 heavy (non-hydrogen) atoms. The summed E-state index contributed by atoms with van der Waals surface area (Å²) in [5.74, 6) is 0. The molecule has 0 amide bonds. The summed E-state index contributed by atoms with van der Waals surface area (Å²) in [4.78, 5) is 22.4. The molecule has 0 atom stereocenters. The van der Waals surface area contributed by atoms with Gasteiger partial charge in [-0.1, -0.05) is 13.0 Å². The summed E-state index contributed by atoms with van der Waals surface area (Å²) in [7, 11) is 1.68. The van der Waals surface area contributed by atoms with Crippen LogP contribution in [-0.4, -0.2) is 20.6 Å². The third-order valence-corrected chi connectivity index (χ3v) is 3.19. The second-order valence-corrected chi connectivity index (χ2v) is 4.85. The zero-order valence-corrected chi connectivity index (χ0v) is 12.1. The Bertz CT molecular complexity index is 702.